The molecule has 0 heterocycles. The maximum Gasteiger partial charge on any atom is 0.191 e. The molecule has 0 radical (unpaired) electrons. The molecular formula is C14H23N3O. The maximum atomic E-state index is 5.62. The van der Waals surface area contributed by atoms with Crippen LogP contribution in [0.15, 0.2) is 29.3 Å². The molecule has 0 bridgehead atoms. The highest BCUT2D eigenvalue weighted by Gasteiger charge is 1.96. The van der Waals surface area contributed by atoms with Gasteiger partial charge in [0.05, 0.1) is 6.54 Å². The topological polar surface area (TPSA) is 45.7 Å². The van der Waals surface area contributed by atoms with Crippen LogP contribution in [0.25, 0.3) is 0 Å². The number of aryl methyl sites for hydroxylation is 1. The van der Waals surface area contributed by atoms with E-state index < -0.39 is 0 Å². The highest BCUT2D eigenvalue weighted by atomic mass is 16.5. The monoisotopic (exact) mass is 249 g/mol. The van der Waals surface area contributed by atoms with Gasteiger partial charge in [0.2, 0.25) is 0 Å². The van der Waals surface area contributed by atoms with Gasteiger partial charge < -0.3 is 15.4 Å². The molecule has 0 amide bonds. The van der Waals surface area contributed by atoms with Crippen molar-refractivity contribution in [1.82, 2.24) is 10.6 Å². The van der Waals surface area contributed by atoms with Gasteiger partial charge in [-0.2, -0.15) is 0 Å². The summed E-state index contributed by atoms with van der Waals surface area (Å²) >= 11 is 0. The van der Waals surface area contributed by atoms with Crippen LogP contribution in [0, 0.1) is 6.92 Å². The third kappa shape index (κ3) is 5.57. The molecule has 0 spiro atoms. The summed E-state index contributed by atoms with van der Waals surface area (Å²) in [5, 5.41) is 6.41. The Labute approximate surface area is 109 Å². The summed E-state index contributed by atoms with van der Waals surface area (Å²) in [6, 6.07) is 8.06. The Morgan fingerprint density at radius 1 is 1.17 bits per heavy atom. The van der Waals surface area contributed by atoms with Gasteiger partial charge in [0, 0.05) is 13.6 Å². The number of nitrogens with one attached hydrogen (secondary N) is 2. The zero-order chi connectivity index (χ0) is 13.2. The number of guanidine groups is 1. The average molecular weight is 249 g/mol. The normalized spacial score (nSPS) is 11.2. The zero-order valence-electron chi connectivity index (χ0n) is 11.5. The molecule has 1 aromatic carbocycles. The highest BCUT2D eigenvalue weighted by molar-refractivity contribution is 5.79. The number of hydrogen-bond acceptors (Lipinski definition) is 2. The fraction of sp³-hybridized carbons (Fsp3) is 0.500. The van der Waals surface area contributed by atoms with Crippen molar-refractivity contribution >= 4 is 5.96 Å². The molecule has 0 aliphatic carbocycles. The Morgan fingerprint density at radius 3 is 2.44 bits per heavy atom. The predicted molar refractivity (Wildman–Crippen MR) is 76.3 cm³/mol. The maximum absolute atomic E-state index is 5.62. The number of benzene rings is 1. The van der Waals surface area contributed by atoms with Crippen molar-refractivity contribution in [3.63, 3.8) is 0 Å². The summed E-state index contributed by atoms with van der Waals surface area (Å²) in [5.74, 6) is 1.73. The number of rotatable bonds is 6. The van der Waals surface area contributed by atoms with Gasteiger partial charge in [0.25, 0.3) is 0 Å². The van der Waals surface area contributed by atoms with Crippen molar-refractivity contribution in [2.24, 2.45) is 4.99 Å². The van der Waals surface area contributed by atoms with E-state index in [9.17, 15) is 0 Å². The number of ether oxygens (including phenoxy) is 1. The molecule has 1 aromatic rings. The highest BCUT2D eigenvalue weighted by Crippen LogP contribution is 2.10. The summed E-state index contributed by atoms with van der Waals surface area (Å²) in [4.78, 5) is 4.12. The van der Waals surface area contributed by atoms with Crippen LogP contribution in [0.4, 0.5) is 0 Å². The second-order valence-corrected chi connectivity index (χ2v) is 4.09. The van der Waals surface area contributed by atoms with Crippen molar-refractivity contribution < 1.29 is 4.74 Å². The molecule has 4 heteroatoms. The van der Waals surface area contributed by atoms with E-state index in [1.807, 2.05) is 24.3 Å². The molecule has 1 rings (SSSR count). The number of aliphatic imine (C=N–C) groups is 1. The second-order valence-electron chi connectivity index (χ2n) is 4.09. The molecule has 0 aliphatic rings. The molecular weight excluding hydrogens is 226 g/mol. The molecule has 0 saturated heterocycles. The zero-order valence-corrected chi connectivity index (χ0v) is 11.5. The van der Waals surface area contributed by atoms with Crippen LogP contribution in [-0.2, 0) is 0 Å². The van der Waals surface area contributed by atoms with Crippen molar-refractivity contribution in [2.75, 3.05) is 26.7 Å². The quantitative estimate of drug-likeness (QED) is 0.460. The van der Waals surface area contributed by atoms with Gasteiger partial charge in [-0.3, -0.25) is 4.99 Å². The Bertz CT molecular complexity index is 360. The van der Waals surface area contributed by atoms with Gasteiger partial charge in [0.15, 0.2) is 5.96 Å². The minimum Gasteiger partial charge on any atom is -0.492 e. The lowest BCUT2D eigenvalue weighted by atomic mass is 10.2. The third-order valence-corrected chi connectivity index (χ3v) is 2.45. The number of hydrogen-bond donors (Lipinski definition) is 2. The summed E-state index contributed by atoms with van der Waals surface area (Å²) in [6.07, 6.45) is 1.08. The molecule has 100 valence electrons. The third-order valence-electron chi connectivity index (χ3n) is 2.45. The van der Waals surface area contributed by atoms with Gasteiger partial charge in [-0.25, -0.2) is 0 Å². The van der Waals surface area contributed by atoms with E-state index in [2.05, 4.69) is 29.5 Å². The fourth-order valence-corrected chi connectivity index (χ4v) is 1.44. The van der Waals surface area contributed by atoms with Gasteiger partial charge in [0.1, 0.15) is 12.4 Å². The average Bonchev–Trinajstić information content (AvgIpc) is 2.40. The molecule has 0 atom stereocenters. The van der Waals surface area contributed by atoms with Crippen LogP contribution in [0.5, 0.6) is 5.75 Å². The minimum atomic E-state index is 0.621. The van der Waals surface area contributed by atoms with E-state index in [0.29, 0.717) is 6.61 Å². The van der Waals surface area contributed by atoms with Crippen LogP contribution in [0.1, 0.15) is 18.9 Å². The predicted octanol–water partition coefficient (Wildman–Crippen LogP) is 1.95. The second kappa shape index (κ2) is 8.39. The Kier molecular flexibility index (Phi) is 6.69. The number of nitrogens with zero attached hydrogens (tertiary/aromatic N) is 1. The fourth-order valence-electron chi connectivity index (χ4n) is 1.44. The molecule has 2 N–H and O–H groups in total. The summed E-state index contributed by atoms with van der Waals surface area (Å²) < 4.78 is 5.62. The van der Waals surface area contributed by atoms with E-state index in [0.717, 1.165) is 31.2 Å². The smallest absolute Gasteiger partial charge is 0.191 e. The molecule has 0 aliphatic heterocycles. The Balaban J connectivity index is 2.19. The van der Waals surface area contributed by atoms with Gasteiger partial charge in [-0.15, -0.1) is 0 Å². The van der Waals surface area contributed by atoms with Crippen molar-refractivity contribution in [2.45, 2.75) is 20.3 Å². The largest absolute Gasteiger partial charge is 0.492 e. The minimum absolute atomic E-state index is 0.621. The molecule has 0 aromatic heterocycles. The van der Waals surface area contributed by atoms with E-state index in [4.69, 9.17) is 4.74 Å². The first-order valence-electron chi connectivity index (χ1n) is 6.40. The van der Waals surface area contributed by atoms with Crippen molar-refractivity contribution in [3.05, 3.63) is 29.8 Å². The van der Waals surface area contributed by atoms with Crippen LogP contribution in [0.3, 0.4) is 0 Å². The molecule has 0 fully saturated rings. The van der Waals surface area contributed by atoms with Crippen LogP contribution >= 0.6 is 0 Å². The molecule has 18 heavy (non-hydrogen) atoms. The van der Waals surface area contributed by atoms with Crippen LogP contribution in [0.2, 0.25) is 0 Å². The van der Waals surface area contributed by atoms with Crippen LogP contribution < -0.4 is 15.4 Å². The first kappa shape index (κ1) is 14.4. The van der Waals surface area contributed by atoms with E-state index >= 15 is 0 Å². The van der Waals surface area contributed by atoms with E-state index in [1.165, 1.54) is 5.56 Å². The first-order valence-corrected chi connectivity index (χ1v) is 6.40. The first-order chi connectivity index (χ1) is 8.76. The van der Waals surface area contributed by atoms with Crippen LogP contribution in [-0.4, -0.2) is 32.7 Å². The summed E-state index contributed by atoms with van der Waals surface area (Å²) in [6.45, 7) is 6.47. The lowest BCUT2D eigenvalue weighted by Gasteiger charge is -2.11. The SMILES string of the molecule is CCCNC(=NC)NCCOc1ccc(C)cc1. The van der Waals surface area contributed by atoms with Gasteiger partial charge in [-0.1, -0.05) is 24.6 Å². The van der Waals surface area contributed by atoms with E-state index in [-0.39, 0.29) is 0 Å². The van der Waals surface area contributed by atoms with E-state index in [1.54, 1.807) is 7.05 Å². The molecule has 0 unspecified atom stereocenters. The Hall–Kier alpha value is -1.71. The lowest BCUT2D eigenvalue weighted by Crippen LogP contribution is -2.39. The van der Waals surface area contributed by atoms with Crippen molar-refractivity contribution in [3.8, 4) is 5.75 Å². The summed E-state index contributed by atoms with van der Waals surface area (Å²) in [7, 11) is 1.77. The molecule has 0 saturated carbocycles. The van der Waals surface area contributed by atoms with Gasteiger partial charge >= 0.3 is 0 Å². The molecule has 4 nitrogen and oxygen atoms in total. The lowest BCUT2D eigenvalue weighted by molar-refractivity contribution is 0.322. The van der Waals surface area contributed by atoms with Crippen molar-refractivity contribution in [1.29, 1.82) is 0 Å². The van der Waals surface area contributed by atoms with Gasteiger partial charge in [-0.05, 0) is 25.5 Å². The summed E-state index contributed by atoms with van der Waals surface area (Å²) in [5.41, 5.74) is 1.24. The Morgan fingerprint density at radius 2 is 1.83 bits per heavy atom. The standard InChI is InChI=1S/C14H23N3O/c1-4-9-16-14(15-3)17-10-11-18-13-7-5-12(2)6-8-13/h5-8H,4,9-11H2,1-3H3,(H2,15,16,17).